The molecule has 0 unspecified atom stereocenters. The number of benzene rings is 1. The van der Waals surface area contributed by atoms with Crippen LogP contribution in [0, 0.1) is 0 Å². The number of nitrogens with two attached hydrogens (primary N) is 1. The first-order chi connectivity index (χ1) is 11.9. The SMILES string of the molecule is Nc1c(Nc2ccc(C(F)(F)F)cc2)ncnc1NC1CCCCC1. The fourth-order valence-electron chi connectivity index (χ4n) is 2.93. The van der Waals surface area contributed by atoms with Crippen LogP contribution in [-0.2, 0) is 6.18 Å². The highest BCUT2D eigenvalue weighted by atomic mass is 19.4. The standard InChI is InChI=1S/C17H20F3N5/c18-17(19,20)11-6-8-13(9-7-11)25-16-14(21)15(22-10-23-16)24-12-4-2-1-3-5-12/h6-10,12H,1-5,21H2,(H2,22,23,24,25). The number of aromatic nitrogens is 2. The lowest BCUT2D eigenvalue weighted by molar-refractivity contribution is -0.137. The second-order valence-electron chi connectivity index (χ2n) is 6.16. The lowest BCUT2D eigenvalue weighted by Gasteiger charge is -2.24. The predicted octanol–water partition coefficient (Wildman–Crippen LogP) is 4.57. The zero-order valence-electron chi connectivity index (χ0n) is 13.6. The monoisotopic (exact) mass is 351 g/mol. The fraction of sp³-hybridized carbons (Fsp3) is 0.412. The molecule has 1 aliphatic rings. The van der Waals surface area contributed by atoms with Crippen molar-refractivity contribution in [3.63, 3.8) is 0 Å². The van der Waals surface area contributed by atoms with Crippen LogP contribution in [-0.4, -0.2) is 16.0 Å². The van der Waals surface area contributed by atoms with Gasteiger partial charge in [0, 0.05) is 11.7 Å². The molecule has 134 valence electrons. The third kappa shape index (κ3) is 4.32. The summed E-state index contributed by atoms with van der Waals surface area (Å²) in [4.78, 5) is 8.27. The summed E-state index contributed by atoms with van der Waals surface area (Å²) in [6, 6.07) is 5.06. The van der Waals surface area contributed by atoms with Crippen molar-refractivity contribution in [2.75, 3.05) is 16.4 Å². The Kier molecular flexibility index (Phi) is 4.96. The highest BCUT2D eigenvalue weighted by molar-refractivity contribution is 5.77. The summed E-state index contributed by atoms with van der Waals surface area (Å²) in [5.74, 6) is 0.921. The average Bonchev–Trinajstić information content (AvgIpc) is 2.59. The number of alkyl halides is 3. The van der Waals surface area contributed by atoms with Crippen molar-refractivity contribution in [2.24, 2.45) is 0 Å². The molecule has 25 heavy (non-hydrogen) atoms. The van der Waals surface area contributed by atoms with E-state index in [1.807, 2.05) is 0 Å². The summed E-state index contributed by atoms with van der Waals surface area (Å²) >= 11 is 0. The Morgan fingerprint density at radius 1 is 0.960 bits per heavy atom. The molecule has 1 aromatic heterocycles. The van der Waals surface area contributed by atoms with E-state index >= 15 is 0 Å². The highest BCUT2D eigenvalue weighted by Gasteiger charge is 2.30. The summed E-state index contributed by atoms with van der Waals surface area (Å²) < 4.78 is 37.9. The normalized spacial score (nSPS) is 15.8. The molecule has 0 saturated heterocycles. The fourth-order valence-corrected chi connectivity index (χ4v) is 2.93. The molecule has 2 aromatic rings. The number of halogens is 3. The zero-order chi connectivity index (χ0) is 17.9. The van der Waals surface area contributed by atoms with Gasteiger partial charge in [0.1, 0.15) is 12.0 Å². The van der Waals surface area contributed by atoms with Gasteiger partial charge in [0.05, 0.1) is 5.56 Å². The molecule has 5 nitrogen and oxygen atoms in total. The number of nitrogens with zero attached hydrogens (tertiary/aromatic N) is 2. The molecule has 1 fully saturated rings. The average molecular weight is 351 g/mol. The second kappa shape index (κ2) is 7.16. The largest absolute Gasteiger partial charge is 0.416 e. The summed E-state index contributed by atoms with van der Waals surface area (Å²) in [6.45, 7) is 0. The van der Waals surface area contributed by atoms with Crippen LogP contribution in [0.3, 0.4) is 0 Å². The van der Waals surface area contributed by atoms with Crippen LogP contribution in [0.2, 0.25) is 0 Å². The molecule has 8 heteroatoms. The van der Waals surface area contributed by atoms with Crippen LogP contribution < -0.4 is 16.4 Å². The van der Waals surface area contributed by atoms with E-state index < -0.39 is 11.7 Å². The van der Waals surface area contributed by atoms with Crippen molar-refractivity contribution in [2.45, 2.75) is 44.3 Å². The minimum Gasteiger partial charge on any atom is -0.393 e. The van der Waals surface area contributed by atoms with Gasteiger partial charge in [-0.2, -0.15) is 13.2 Å². The summed E-state index contributed by atoms with van der Waals surface area (Å²) in [6.07, 6.45) is 2.78. The molecule has 0 aliphatic heterocycles. The second-order valence-corrected chi connectivity index (χ2v) is 6.16. The lowest BCUT2D eigenvalue weighted by atomic mass is 9.95. The molecule has 0 amide bonds. The van der Waals surface area contributed by atoms with E-state index in [1.165, 1.54) is 37.7 Å². The first-order valence-corrected chi connectivity index (χ1v) is 8.25. The van der Waals surface area contributed by atoms with Crippen LogP contribution in [0.15, 0.2) is 30.6 Å². The van der Waals surface area contributed by atoms with E-state index in [-0.39, 0.29) is 0 Å². The molecule has 0 bridgehead atoms. The Morgan fingerprint density at radius 3 is 2.24 bits per heavy atom. The van der Waals surface area contributed by atoms with E-state index in [0.29, 0.717) is 29.1 Å². The minimum atomic E-state index is -4.36. The van der Waals surface area contributed by atoms with Gasteiger partial charge in [0.15, 0.2) is 11.6 Å². The molecule has 0 radical (unpaired) electrons. The van der Waals surface area contributed by atoms with Crippen LogP contribution in [0.5, 0.6) is 0 Å². The highest BCUT2D eigenvalue weighted by Crippen LogP contribution is 2.32. The van der Waals surface area contributed by atoms with Crippen LogP contribution in [0.25, 0.3) is 0 Å². The van der Waals surface area contributed by atoms with E-state index in [2.05, 4.69) is 20.6 Å². The topological polar surface area (TPSA) is 75.9 Å². The maximum atomic E-state index is 12.6. The van der Waals surface area contributed by atoms with Gasteiger partial charge in [-0.25, -0.2) is 9.97 Å². The van der Waals surface area contributed by atoms with Crippen molar-refractivity contribution >= 4 is 23.0 Å². The summed E-state index contributed by atoms with van der Waals surface area (Å²) in [7, 11) is 0. The maximum absolute atomic E-state index is 12.6. The van der Waals surface area contributed by atoms with E-state index in [4.69, 9.17) is 5.73 Å². The van der Waals surface area contributed by atoms with Gasteiger partial charge in [-0.15, -0.1) is 0 Å². The number of hydrogen-bond acceptors (Lipinski definition) is 5. The van der Waals surface area contributed by atoms with Gasteiger partial charge in [-0.05, 0) is 37.1 Å². The molecule has 0 atom stereocenters. The van der Waals surface area contributed by atoms with Crippen LogP contribution in [0.1, 0.15) is 37.7 Å². The van der Waals surface area contributed by atoms with Gasteiger partial charge >= 0.3 is 6.18 Å². The van der Waals surface area contributed by atoms with Crippen molar-refractivity contribution in [3.05, 3.63) is 36.2 Å². The van der Waals surface area contributed by atoms with Gasteiger partial charge < -0.3 is 16.4 Å². The minimum absolute atomic E-state index is 0.338. The molecule has 1 aromatic carbocycles. The van der Waals surface area contributed by atoms with Crippen LogP contribution in [0.4, 0.5) is 36.2 Å². The number of anilines is 4. The third-order valence-electron chi connectivity index (χ3n) is 4.30. The molecular formula is C17H20F3N5. The maximum Gasteiger partial charge on any atom is 0.416 e. The molecule has 1 heterocycles. The first kappa shape index (κ1) is 17.3. The number of hydrogen-bond donors (Lipinski definition) is 3. The van der Waals surface area contributed by atoms with Crippen molar-refractivity contribution in [1.82, 2.24) is 9.97 Å². The Hall–Kier alpha value is -2.51. The molecule has 1 saturated carbocycles. The quantitative estimate of drug-likeness (QED) is 0.752. The molecule has 3 rings (SSSR count). The predicted molar refractivity (Wildman–Crippen MR) is 91.7 cm³/mol. The molecule has 0 spiro atoms. The van der Waals surface area contributed by atoms with Gasteiger partial charge in [0.2, 0.25) is 0 Å². The molecule has 4 N–H and O–H groups in total. The zero-order valence-corrected chi connectivity index (χ0v) is 13.6. The number of rotatable bonds is 4. The summed E-state index contributed by atoms with van der Waals surface area (Å²) in [5.41, 5.74) is 6.25. The van der Waals surface area contributed by atoms with E-state index in [9.17, 15) is 13.2 Å². The Bertz CT molecular complexity index is 709. The Balaban J connectivity index is 1.73. The van der Waals surface area contributed by atoms with Crippen molar-refractivity contribution < 1.29 is 13.2 Å². The third-order valence-corrected chi connectivity index (χ3v) is 4.30. The lowest BCUT2D eigenvalue weighted by Crippen LogP contribution is -2.23. The Morgan fingerprint density at radius 2 is 1.60 bits per heavy atom. The van der Waals surface area contributed by atoms with Crippen molar-refractivity contribution in [1.29, 1.82) is 0 Å². The van der Waals surface area contributed by atoms with Gasteiger partial charge in [-0.3, -0.25) is 0 Å². The summed E-state index contributed by atoms with van der Waals surface area (Å²) in [5, 5.41) is 6.28. The smallest absolute Gasteiger partial charge is 0.393 e. The number of nitrogen functional groups attached to an aromatic ring is 1. The number of nitrogens with one attached hydrogen (secondary N) is 2. The molecular weight excluding hydrogens is 331 g/mol. The van der Waals surface area contributed by atoms with Gasteiger partial charge in [-0.1, -0.05) is 19.3 Å². The van der Waals surface area contributed by atoms with Crippen molar-refractivity contribution in [3.8, 4) is 0 Å². The molecule has 1 aliphatic carbocycles. The Labute approximate surface area is 143 Å². The van der Waals surface area contributed by atoms with Gasteiger partial charge in [0.25, 0.3) is 0 Å². The van der Waals surface area contributed by atoms with E-state index in [1.54, 1.807) is 0 Å². The van der Waals surface area contributed by atoms with E-state index in [0.717, 1.165) is 25.0 Å². The first-order valence-electron chi connectivity index (χ1n) is 8.25. The van der Waals surface area contributed by atoms with Crippen LogP contribution >= 0.6 is 0 Å².